The Bertz CT molecular complexity index is 894. The van der Waals surface area contributed by atoms with Crippen molar-refractivity contribution < 1.29 is 14.3 Å². The Kier molecular flexibility index (Phi) is 4.31. The molecule has 23 heavy (non-hydrogen) atoms. The number of carbonyl (C=O) groups excluding carboxylic acids is 1. The minimum Gasteiger partial charge on any atom is -0.494 e. The smallest absolute Gasteiger partial charge is 0.339 e. The number of rotatable bonds is 4. The van der Waals surface area contributed by atoms with Crippen molar-refractivity contribution >= 4 is 5.78 Å². The average molecular weight is 318 g/mol. The summed E-state index contributed by atoms with van der Waals surface area (Å²) in [6.45, 7) is 6.21. The molecule has 0 amide bonds. The number of hydrogen-bond acceptors (Lipinski definition) is 4. The fourth-order valence-corrected chi connectivity index (χ4v) is 2.21. The molecule has 1 unspecified atom stereocenters. The Morgan fingerprint density at radius 3 is 2.35 bits per heavy atom. The van der Waals surface area contributed by atoms with Crippen LogP contribution in [-0.2, 0) is 0 Å². The first-order valence-electron chi connectivity index (χ1n) is 6.79. The monoisotopic (exact) mass is 318 g/mol. The molecule has 0 spiro atoms. The van der Waals surface area contributed by atoms with Gasteiger partial charge in [-0.05, 0) is 38.1 Å². The summed E-state index contributed by atoms with van der Waals surface area (Å²) in [6, 6.07) is 3.99. The lowest BCUT2D eigenvalue weighted by atomic mass is 10.2. The SMILES string of the molecule is C=CC(C)n1c(O)c(C(C)=O)c(=O)n(-c2ccc(F)cc2)c1=O. The maximum atomic E-state index is 13.1. The molecule has 0 aliphatic heterocycles. The topological polar surface area (TPSA) is 81.3 Å². The van der Waals surface area contributed by atoms with Gasteiger partial charge in [0.2, 0.25) is 5.88 Å². The van der Waals surface area contributed by atoms with Crippen molar-refractivity contribution in [1.29, 1.82) is 0 Å². The van der Waals surface area contributed by atoms with Gasteiger partial charge in [0.15, 0.2) is 5.78 Å². The van der Waals surface area contributed by atoms with Crippen molar-refractivity contribution in [3.05, 3.63) is 69.1 Å². The van der Waals surface area contributed by atoms with Crippen LogP contribution in [0.15, 0.2) is 46.5 Å². The Labute approximate surface area is 130 Å². The van der Waals surface area contributed by atoms with Gasteiger partial charge in [-0.25, -0.2) is 13.8 Å². The summed E-state index contributed by atoms with van der Waals surface area (Å²) in [7, 11) is 0. The Morgan fingerprint density at radius 2 is 1.87 bits per heavy atom. The fourth-order valence-electron chi connectivity index (χ4n) is 2.21. The number of aromatic hydroxyl groups is 1. The zero-order valence-corrected chi connectivity index (χ0v) is 12.6. The highest BCUT2D eigenvalue weighted by Crippen LogP contribution is 2.18. The minimum atomic E-state index is -0.959. The van der Waals surface area contributed by atoms with Gasteiger partial charge in [-0.2, -0.15) is 0 Å². The van der Waals surface area contributed by atoms with E-state index in [4.69, 9.17) is 0 Å². The third-order valence-electron chi connectivity index (χ3n) is 3.45. The van der Waals surface area contributed by atoms with Crippen LogP contribution in [0.2, 0.25) is 0 Å². The molecule has 0 aliphatic rings. The predicted molar refractivity (Wildman–Crippen MR) is 82.8 cm³/mol. The van der Waals surface area contributed by atoms with Gasteiger partial charge < -0.3 is 5.11 Å². The molecule has 1 aromatic heterocycles. The molecule has 0 saturated carbocycles. The second-order valence-corrected chi connectivity index (χ2v) is 5.00. The van der Waals surface area contributed by atoms with Gasteiger partial charge >= 0.3 is 5.69 Å². The van der Waals surface area contributed by atoms with Gasteiger partial charge in [-0.3, -0.25) is 14.2 Å². The van der Waals surface area contributed by atoms with E-state index in [2.05, 4.69) is 6.58 Å². The quantitative estimate of drug-likeness (QED) is 0.688. The van der Waals surface area contributed by atoms with Crippen molar-refractivity contribution in [1.82, 2.24) is 9.13 Å². The molecule has 7 heteroatoms. The standard InChI is InChI=1S/C16H15FN2O4/c1-4-9(2)18-14(21)13(10(3)20)15(22)19(16(18)23)12-7-5-11(17)6-8-12/h4-9,21H,1H2,2-3H3. The number of carbonyl (C=O) groups is 1. The summed E-state index contributed by atoms with van der Waals surface area (Å²) in [4.78, 5) is 36.8. The zero-order valence-electron chi connectivity index (χ0n) is 12.6. The summed E-state index contributed by atoms with van der Waals surface area (Å²) < 4.78 is 14.7. The number of ketones is 1. The van der Waals surface area contributed by atoms with Gasteiger partial charge in [-0.1, -0.05) is 6.08 Å². The summed E-state index contributed by atoms with van der Waals surface area (Å²) >= 11 is 0. The summed E-state index contributed by atoms with van der Waals surface area (Å²) in [5.41, 5.74) is -2.23. The molecule has 1 heterocycles. The van der Waals surface area contributed by atoms with Crippen molar-refractivity contribution in [3.63, 3.8) is 0 Å². The highest BCUT2D eigenvalue weighted by Gasteiger charge is 2.24. The molecule has 120 valence electrons. The van der Waals surface area contributed by atoms with Crippen molar-refractivity contribution in [2.75, 3.05) is 0 Å². The molecular formula is C16H15FN2O4. The first kappa shape index (κ1) is 16.4. The molecule has 1 atom stereocenters. The van der Waals surface area contributed by atoms with E-state index in [0.29, 0.717) is 0 Å². The maximum Gasteiger partial charge on any atom is 0.339 e. The average Bonchev–Trinajstić information content (AvgIpc) is 2.48. The lowest BCUT2D eigenvalue weighted by molar-refractivity contribution is 0.101. The van der Waals surface area contributed by atoms with Gasteiger partial charge in [0.1, 0.15) is 11.4 Å². The molecule has 0 bridgehead atoms. The molecule has 2 aromatic rings. The number of aromatic nitrogens is 2. The van der Waals surface area contributed by atoms with Gasteiger partial charge in [-0.15, -0.1) is 6.58 Å². The normalized spacial score (nSPS) is 12.0. The number of nitrogens with zero attached hydrogens (tertiary/aromatic N) is 2. The van der Waals surface area contributed by atoms with E-state index in [0.717, 1.165) is 28.2 Å². The van der Waals surface area contributed by atoms with Crippen molar-refractivity contribution in [2.24, 2.45) is 0 Å². The van der Waals surface area contributed by atoms with Crippen LogP contribution in [0.4, 0.5) is 4.39 Å². The van der Waals surface area contributed by atoms with Crippen LogP contribution in [0.1, 0.15) is 30.2 Å². The Hall–Kier alpha value is -2.96. The van der Waals surface area contributed by atoms with Gasteiger partial charge in [0, 0.05) is 0 Å². The van der Waals surface area contributed by atoms with Crippen LogP contribution in [0.3, 0.4) is 0 Å². The minimum absolute atomic E-state index is 0.0916. The van der Waals surface area contributed by atoms with Crippen LogP contribution in [0, 0.1) is 5.82 Å². The highest BCUT2D eigenvalue weighted by molar-refractivity contribution is 5.95. The van der Waals surface area contributed by atoms with E-state index < -0.39 is 40.3 Å². The van der Waals surface area contributed by atoms with Crippen LogP contribution in [0.25, 0.3) is 5.69 Å². The third kappa shape index (κ3) is 2.73. The molecular weight excluding hydrogens is 303 g/mol. The third-order valence-corrected chi connectivity index (χ3v) is 3.45. The molecule has 0 fully saturated rings. The lowest BCUT2D eigenvalue weighted by Gasteiger charge is -2.17. The van der Waals surface area contributed by atoms with E-state index in [9.17, 15) is 23.9 Å². The van der Waals surface area contributed by atoms with Gasteiger partial charge in [0.25, 0.3) is 5.56 Å². The highest BCUT2D eigenvalue weighted by atomic mass is 19.1. The second-order valence-electron chi connectivity index (χ2n) is 5.00. The lowest BCUT2D eigenvalue weighted by Crippen LogP contribution is -2.42. The summed E-state index contributed by atoms with van der Waals surface area (Å²) in [5.74, 6) is -1.93. The molecule has 0 saturated heterocycles. The van der Waals surface area contributed by atoms with Crippen molar-refractivity contribution in [3.8, 4) is 11.6 Å². The van der Waals surface area contributed by atoms with Crippen LogP contribution >= 0.6 is 0 Å². The largest absolute Gasteiger partial charge is 0.494 e. The van der Waals surface area contributed by atoms with E-state index in [1.807, 2.05) is 0 Å². The van der Waals surface area contributed by atoms with Crippen LogP contribution in [0.5, 0.6) is 5.88 Å². The number of hydrogen-bond donors (Lipinski definition) is 1. The number of benzene rings is 1. The van der Waals surface area contributed by atoms with Crippen LogP contribution in [-0.4, -0.2) is 20.0 Å². The van der Waals surface area contributed by atoms with Crippen LogP contribution < -0.4 is 11.2 Å². The number of halogens is 1. The van der Waals surface area contributed by atoms with E-state index in [-0.39, 0.29) is 5.69 Å². The Balaban J connectivity index is 2.97. The molecule has 2 rings (SSSR count). The van der Waals surface area contributed by atoms with E-state index in [1.54, 1.807) is 6.92 Å². The van der Waals surface area contributed by atoms with E-state index >= 15 is 0 Å². The zero-order chi connectivity index (χ0) is 17.3. The van der Waals surface area contributed by atoms with Crippen molar-refractivity contribution in [2.45, 2.75) is 19.9 Å². The molecule has 1 aromatic carbocycles. The fraction of sp³-hybridized carbons (Fsp3) is 0.188. The molecule has 0 radical (unpaired) electrons. The van der Waals surface area contributed by atoms with E-state index in [1.165, 1.54) is 18.2 Å². The first-order valence-corrected chi connectivity index (χ1v) is 6.79. The Morgan fingerprint density at radius 1 is 1.30 bits per heavy atom. The molecule has 6 nitrogen and oxygen atoms in total. The first-order chi connectivity index (χ1) is 10.8. The second kappa shape index (κ2) is 6.04. The predicted octanol–water partition coefficient (Wildman–Crippen LogP) is 1.79. The summed E-state index contributed by atoms with van der Waals surface area (Å²) in [5, 5.41) is 10.2. The molecule has 0 aliphatic carbocycles. The maximum absolute atomic E-state index is 13.1. The number of Topliss-reactive ketones (excluding diaryl/α,β-unsaturated/α-hetero) is 1. The number of allylic oxidation sites excluding steroid dienone is 1. The summed E-state index contributed by atoms with van der Waals surface area (Å²) in [6.07, 6.45) is 1.38. The van der Waals surface area contributed by atoms with Gasteiger partial charge in [0.05, 0.1) is 11.7 Å². The molecule has 1 N–H and O–H groups in total.